The molecule has 4 aliphatic rings. The van der Waals surface area contributed by atoms with Crippen LogP contribution in [0.1, 0.15) is 26.7 Å². The van der Waals surface area contributed by atoms with Gasteiger partial charge in [0.25, 0.3) is 0 Å². The molecule has 0 unspecified atom stereocenters. The molecule has 5 heteroatoms. The number of carbonyl (C=O) groups is 3. The molecule has 130 valence electrons. The van der Waals surface area contributed by atoms with Crippen LogP contribution in [0.25, 0.3) is 0 Å². The van der Waals surface area contributed by atoms with Gasteiger partial charge in [0.2, 0.25) is 17.7 Å². The first-order chi connectivity index (χ1) is 11.9. The molecule has 1 aromatic rings. The Bertz CT molecular complexity index is 800. The molecule has 1 aromatic carbocycles. The summed E-state index contributed by atoms with van der Waals surface area (Å²) in [5.74, 6) is -2.09. The maximum absolute atomic E-state index is 13.3. The third-order valence-electron chi connectivity index (χ3n) is 6.22. The van der Waals surface area contributed by atoms with Gasteiger partial charge in [-0.1, -0.05) is 37.6 Å². The molecule has 0 saturated carbocycles. The van der Waals surface area contributed by atoms with E-state index in [4.69, 9.17) is 0 Å². The average molecular weight is 338 g/mol. The molecule has 0 radical (unpaired) electrons. The van der Waals surface area contributed by atoms with Crippen molar-refractivity contribution in [3.63, 3.8) is 0 Å². The fourth-order valence-electron chi connectivity index (χ4n) is 4.87. The van der Waals surface area contributed by atoms with Crippen LogP contribution in [0.2, 0.25) is 0 Å². The lowest BCUT2D eigenvalue weighted by molar-refractivity contribution is -0.156. The van der Waals surface area contributed by atoms with E-state index in [0.717, 1.165) is 18.4 Å². The summed E-state index contributed by atoms with van der Waals surface area (Å²) in [6, 6.07) is 9.01. The van der Waals surface area contributed by atoms with Crippen LogP contribution < -0.4 is 4.90 Å². The van der Waals surface area contributed by atoms with Crippen molar-refractivity contribution in [3.8, 4) is 0 Å². The summed E-state index contributed by atoms with van der Waals surface area (Å²) in [7, 11) is 1.76. The lowest BCUT2D eigenvalue weighted by atomic mass is 9.59. The molecule has 3 aliphatic heterocycles. The number of rotatable bonds is 3. The van der Waals surface area contributed by atoms with E-state index in [9.17, 15) is 14.4 Å². The molecule has 5 rings (SSSR count). The Morgan fingerprint density at radius 3 is 2.36 bits per heavy atom. The first-order valence-electron chi connectivity index (χ1n) is 8.84. The van der Waals surface area contributed by atoms with Crippen molar-refractivity contribution in [2.24, 2.45) is 17.8 Å². The van der Waals surface area contributed by atoms with Crippen LogP contribution in [0, 0.1) is 17.8 Å². The number of nitrogens with zero attached hydrogens (tertiary/aromatic N) is 2. The van der Waals surface area contributed by atoms with Gasteiger partial charge >= 0.3 is 0 Å². The highest BCUT2D eigenvalue weighted by atomic mass is 16.2. The summed E-state index contributed by atoms with van der Waals surface area (Å²) >= 11 is 0. The molecular weight excluding hydrogens is 316 g/mol. The summed E-state index contributed by atoms with van der Waals surface area (Å²) in [4.78, 5) is 42.2. The number of imide groups is 1. The van der Waals surface area contributed by atoms with Gasteiger partial charge in [-0.15, -0.1) is 0 Å². The van der Waals surface area contributed by atoms with Crippen molar-refractivity contribution in [1.82, 2.24) is 4.90 Å². The second kappa shape index (κ2) is 5.28. The zero-order valence-corrected chi connectivity index (χ0v) is 14.7. The van der Waals surface area contributed by atoms with E-state index < -0.39 is 23.3 Å². The number of hydrogen-bond acceptors (Lipinski definition) is 3. The summed E-state index contributed by atoms with van der Waals surface area (Å²) < 4.78 is 0. The fraction of sp³-hybridized carbons (Fsp3) is 0.450. The lowest BCUT2D eigenvalue weighted by Gasteiger charge is -2.55. The molecule has 2 saturated heterocycles. The van der Waals surface area contributed by atoms with Crippen LogP contribution in [0.15, 0.2) is 42.0 Å². The summed E-state index contributed by atoms with van der Waals surface area (Å²) in [5.41, 5.74) is 0.976. The van der Waals surface area contributed by atoms with Crippen molar-refractivity contribution < 1.29 is 14.4 Å². The van der Waals surface area contributed by atoms with Gasteiger partial charge in [0.05, 0.1) is 29.0 Å². The first kappa shape index (κ1) is 16.1. The van der Waals surface area contributed by atoms with E-state index in [1.807, 2.05) is 31.2 Å². The SMILES string of the molecule is CCCC1=C[C@H]2C(=O)N(C)[C@]1(C)[C@@H]1C(=O)N(c3ccccc3)C(=O)[C@@H]12. The van der Waals surface area contributed by atoms with Gasteiger partial charge in [-0.2, -0.15) is 0 Å². The smallest absolute Gasteiger partial charge is 0.240 e. The molecule has 0 spiro atoms. The van der Waals surface area contributed by atoms with E-state index in [1.54, 1.807) is 24.1 Å². The summed E-state index contributed by atoms with van der Waals surface area (Å²) in [6.45, 7) is 4.03. The Hall–Kier alpha value is -2.43. The zero-order valence-electron chi connectivity index (χ0n) is 14.7. The predicted octanol–water partition coefficient (Wildman–Crippen LogP) is 2.38. The van der Waals surface area contributed by atoms with Gasteiger partial charge in [-0.05, 0) is 31.1 Å². The highest BCUT2D eigenvalue weighted by Gasteiger charge is 2.68. The van der Waals surface area contributed by atoms with Crippen LogP contribution in [0.3, 0.4) is 0 Å². The van der Waals surface area contributed by atoms with Crippen LogP contribution >= 0.6 is 0 Å². The molecule has 5 nitrogen and oxygen atoms in total. The highest BCUT2D eigenvalue weighted by molar-refractivity contribution is 6.24. The lowest BCUT2D eigenvalue weighted by Crippen LogP contribution is -2.67. The number of benzene rings is 1. The first-order valence-corrected chi connectivity index (χ1v) is 8.84. The van der Waals surface area contributed by atoms with Gasteiger partial charge < -0.3 is 4.90 Å². The van der Waals surface area contributed by atoms with Gasteiger partial charge in [-0.25, -0.2) is 4.90 Å². The molecule has 2 fully saturated rings. The average Bonchev–Trinajstić information content (AvgIpc) is 2.88. The van der Waals surface area contributed by atoms with Crippen molar-refractivity contribution in [2.75, 3.05) is 11.9 Å². The van der Waals surface area contributed by atoms with E-state index in [0.29, 0.717) is 5.69 Å². The Kier molecular flexibility index (Phi) is 3.39. The fourth-order valence-corrected chi connectivity index (χ4v) is 4.87. The third-order valence-corrected chi connectivity index (χ3v) is 6.22. The van der Waals surface area contributed by atoms with Gasteiger partial charge in [0.1, 0.15) is 0 Å². The number of piperidine rings is 1. The van der Waals surface area contributed by atoms with Gasteiger partial charge in [0, 0.05) is 7.05 Å². The molecule has 1 aliphatic carbocycles. The Balaban J connectivity index is 1.85. The monoisotopic (exact) mass is 338 g/mol. The quantitative estimate of drug-likeness (QED) is 0.628. The normalized spacial score (nSPS) is 33.8. The molecule has 0 aromatic heterocycles. The van der Waals surface area contributed by atoms with Crippen LogP contribution in [0.4, 0.5) is 5.69 Å². The minimum Gasteiger partial charge on any atom is -0.335 e. The molecular formula is C20H22N2O3. The molecule has 3 heterocycles. The highest BCUT2D eigenvalue weighted by Crippen LogP contribution is 2.55. The molecule has 4 atom stereocenters. The van der Waals surface area contributed by atoms with Crippen LogP contribution in [-0.4, -0.2) is 35.2 Å². The van der Waals surface area contributed by atoms with Gasteiger partial charge in [0.15, 0.2) is 0 Å². The van der Waals surface area contributed by atoms with Gasteiger partial charge in [-0.3, -0.25) is 14.4 Å². The van der Waals surface area contributed by atoms with Crippen molar-refractivity contribution in [3.05, 3.63) is 42.0 Å². The number of likely N-dealkylation sites (N-methyl/N-ethyl adjacent to an activating group) is 1. The second-order valence-corrected chi connectivity index (χ2v) is 7.36. The van der Waals surface area contributed by atoms with Crippen molar-refractivity contribution >= 4 is 23.4 Å². The standard InChI is InChI=1S/C20H22N2O3/c1-4-8-12-11-14-15-16(20(12,2)21(3)17(14)23)19(25)22(18(15)24)13-9-6-5-7-10-13/h5-7,9-11,14-16H,4,8H2,1-3H3/t14-,15-,16+,20+/m1/s1. The number of hydrogen-bond donors (Lipinski definition) is 0. The van der Waals surface area contributed by atoms with E-state index in [2.05, 4.69) is 6.92 Å². The third kappa shape index (κ3) is 1.86. The second-order valence-electron chi connectivity index (χ2n) is 7.36. The number of carbonyl (C=O) groups excluding carboxylic acids is 3. The number of para-hydroxylation sites is 1. The van der Waals surface area contributed by atoms with E-state index in [-0.39, 0.29) is 17.7 Å². The van der Waals surface area contributed by atoms with E-state index in [1.165, 1.54) is 4.90 Å². The zero-order chi connectivity index (χ0) is 17.9. The van der Waals surface area contributed by atoms with Crippen LogP contribution in [0.5, 0.6) is 0 Å². The Morgan fingerprint density at radius 1 is 1.04 bits per heavy atom. The molecule has 25 heavy (non-hydrogen) atoms. The number of anilines is 1. The Labute approximate surface area is 147 Å². The van der Waals surface area contributed by atoms with Crippen molar-refractivity contribution in [2.45, 2.75) is 32.2 Å². The molecule has 2 bridgehead atoms. The maximum Gasteiger partial charge on any atom is 0.240 e. The number of amides is 3. The van der Waals surface area contributed by atoms with Crippen molar-refractivity contribution in [1.29, 1.82) is 0 Å². The largest absolute Gasteiger partial charge is 0.335 e. The minimum absolute atomic E-state index is 0.0559. The maximum atomic E-state index is 13.3. The predicted molar refractivity (Wildman–Crippen MR) is 93.6 cm³/mol. The number of fused-ring (bicyclic) bond motifs is 1. The molecule has 3 amide bonds. The summed E-state index contributed by atoms with van der Waals surface area (Å²) in [5, 5.41) is 0. The topological polar surface area (TPSA) is 57.7 Å². The summed E-state index contributed by atoms with van der Waals surface area (Å²) in [6.07, 6.45) is 3.74. The Morgan fingerprint density at radius 2 is 1.72 bits per heavy atom. The van der Waals surface area contributed by atoms with Crippen LogP contribution in [-0.2, 0) is 14.4 Å². The molecule has 0 N–H and O–H groups in total. The van der Waals surface area contributed by atoms with E-state index >= 15 is 0 Å². The minimum atomic E-state index is -0.719.